The van der Waals surface area contributed by atoms with Crippen molar-refractivity contribution in [2.45, 2.75) is 26.7 Å². The molecular formula is C22H24N4O. The number of aromatic nitrogens is 1. The van der Waals surface area contributed by atoms with Crippen LogP contribution in [-0.4, -0.2) is 16.9 Å². The molecule has 4 N–H and O–H groups in total. The Labute approximate surface area is 159 Å². The minimum absolute atomic E-state index is 0.0880. The summed E-state index contributed by atoms with van der Waals surface area (Å²) in [5.74, 6) is -0.351. The van der Waals surface area contributed by atoms with Gasteiger partial charge >= 0.3 is 0 Å². The van der Waals surface area contributed by atoms with Crippen molar-refractivity contribution >= 4 is 22.8 Å². The molecule has 1 heterocycles. The van der Waals surface area contributed by atoms with Gasteiger partial charge in [-0.15, -0.1) is 0 Å². The molecule has 1 atom stereocenters. The molecule has 2 aromatic carbocycles. The van der Waals surface area contributed by atoms with Crippen LogP contribution < -0.4 is 11.1 Å². The number of nitrogens with zero attached hydrogens (tertiary/aromatic N) is 1. The number of pyridine rings is 1. The quantitative estimate of drug-likeness (QED) is 0.479. The number of fused-ring (bicyclic) bond motifs is 1. The van der Waals surface area contributed by atoms with Crippen molar-refractivity contribution in [3.8, 4) is 11.3 Å². The zero-order chi connectivity index (χ0) is 19.6. The molecule has 0 saturated carbocycles. The Morgan fingerprint density at radius 2 is 1.67 bits per heavy atom. The molecule has 0 radical (unpaired) electrons. The average molecular weight is 360 g/mol. The molecular weight excluding hydrogens is 336 g/mol. The highest BCUT2D eigenvalue weighted by atomic mass is 16.1. The SMILES string of the molecule is CC(C)C(C)c1c(-c2ccccc2)nc2ccccc2c1C(=O)NC(=N)N. The third-order valence-electron chi connectivity index (χ3n) is 4.91. The molecule has 0 aliphatic heterocycles. The van der Waals surface area contributed by atoms with E-state index in [4.69, 9.17) is 16.1 Å². The number of rotatable bonds is 4. The van der Waals surface area contributed by atoms with Crippen LogP contribution in [0.2, 0.25) is 0 Å². The van der Waals surface area contributed by atoms with E-state index in [2.05, 4.69) is 26.1 Å². The second-order valence-corrected chi connectivity index (χ2v) is 7.03. The summed E-state index contributed by atoms with van der Waals surface area (Å²) in [6.07, 6.45) is 0. The second kappa shape index (κ2) is 7.58. The summed E-state index contributed by atoms with van der Waals surface area (Å²) in [5.41, 5.74) is 9.36. The average Bonchev–Trinajstić information content (AvgIpc) is 2.65. The van der Waals surface area contributed by atoms with Gasteiger partial charge in [-0.25, -0.2) is 4.98 Å². The number of carbonyl (C=O) groups is 1. The zero-order valence-electron chi connectivity index (χ0n) is 15.8. The number of benzene rings is 2. The Balaban J connectivity index is 2.42. The van der Waals surface area contributed by atoms with E-state index in [0.717, 1.165) is 27.7 Å². The van der Waals surface area contributed by atoms with E-state index < -0.39 is 0 Å². The Morgan fingerprint density at radius 3 is 2.30 bits per heavy atom. The predicted molar refractivity (Wildman–Crippen MR) is 110 cm³/mol. The molecule has 1 unspecified atom stereocenters. The molecule has 0 saturated heterocycles. The lowest BCUT2D eigenvalue weighted by molar-refractivity contribution is 0.0976. The normalized spacial score (nSPS) is 12.1. The summed E-state index contributed by atoms with van der Waals surface area (Å²) in [6, 6.07) is 17.5. The molecule has 1 aromatic heterocycles. The Bertz CT molecular complexity index is 996. The summed E-state index contributed by atoms with van der Waals surface area (Å²) in [5, 5.41) is 10.7. The number of hydrogen-bond acceptors (Lipinski definition) is 3. The van der Waals surface area contributed by atoms with Crippen LogP contribution in [0, 0.1) is 11.3 Å². The monoisotopic (exact) mass is 360 g/mol. The van der Waals surface area contributed by atoms with Crippen LogP contribution >= 0.6 is 0 Å². The zero-order valence-corrected chi connectivity index (χ0v) is 15.8. The van der Waals surface area contributed by atoms with Crippen LogP contribution in [0.1, 0.15) is 42.6 Å². The topological polar surface area (TPSA) is 91.9 Å². The number of hydrogen-bond donors (Lipinski definition) is 3. The van der Waals surface area contributed by atoms with E-state index >= 15 is 0 Å². The number of amides is 1. The van der Waals surface area contributed by atoms with Crippen LogP contribution in [0.15, 0.2) is 54.6 Å². The highest BCUT2D eigenvalue weighted by molar-refractivity contribution is 6.13. The van der Waals surface area contributed by atoms with Gasteiger partial charge in [0.05, 0.1) is 16.8 Å². The van der Waals surface area contributed by atoms with Crippen molar-refractivity contribution in [1.82, 2.24) is 10.3 Å². The fourth-order valence-corrected chi connectivity index (χ4v) is 3.25. The first kappa shape index (κ1) is 18.6. The van der Waals surface area contributed by atoms with Gasteiger partial charge in [0.1, 0.15) is 0 Å². The van der Waals surface area contributed by atoms with Gasteiger partial charge in [-0.1, -0.05) is 69.3 Å². The van der Waals surface area contributed by atoms with E-state index in [-0.39, 0.29) is 17.8 Å². The highest BCUT2D eigenvalue weighted by Gasteiger charge is 2.26. The van der Waals surface area contributed by atoms with E-state index in [1.54, 1.807) is 0 Å². The van der Waals surface area contributed by atoms with Crippen LogP contribution in [-0.2, 0) is 0 Å². The second-order valence-electron chi connectivity index (χ2n) is 7.03. The van der Waals surface area contributed by atoms with Crippen LogP contribution in [0.3, 0.4) is 0 Å². The van der Waals surface area contributed by atoms with E-state index in [1.807, 2.05) is 54.6 Å². The van der Waals surface area contributed by atoms with Gasteiger partial charge in [0.25, 0.3) is 5.91 Å². The fourth-order valence-electron chi connectivity index (χ4n) is 3.25. The summed E-state index contributed by atoms with van der Waals surface area (Å²) < 4.78 is 0. The molecule has 0 aliphatic rings. The molecule has 3 rings (SSSR count). The summed E-state index contributed by atoms with van der Waals surface area (Å²) in [6.45, 7) is 6.36. The van der Waals surface area contributed by atoms with Crippen molar-refractivity contribution in [3.05, 3.63) is 65.7 Å². The summed E-state index contributed by atoms with van der Waals surface area (Å²) in [7, 11) is 0. The maximum Gasteiger partial charge on any atom is 0.258 e. The minimum atomic E-state index is -0.374. The van der Waals surface area contributed by atoms with Crippen LogP contribution in [0.4, 0.5) is 0 Å². The molecule has 0 bridgehead atoms. The van der Waals surface area contributed by atoms with Crippen molar-refractivity contribution in [1.29, 1.82) is 5.41 Å². The summed E-state index contributed by atoms with van der Waals surface area (Å²) >= 11 is 0. The molecule has 3 aromatic rings. The summed E-state index contributed by atoms with van der Waals surface area (Å²) in [4.78, 5) is 17.9. The van der Waals surface area contributed by atoms with Gasteiger partial charge < -0.3 is 5.73 Å². The first-order chi connectivity index (χ1) is 12.9. The highest BCUT2D eigenvalue weighted by Crippen LogP contribution is 2.37. The van der Waals surface area contributed by atoms with E-state index in [0.29, 0.717) is 11.5 Å². The lowest BCUT2D eigenvalue weighted by Gasteiger charge is -2.24. The van der Waals surface area contributed by atoms with Gasteiger partial charge in [-0.3, -0.25) is 15.5 Å². The first-order valence-corrected chi connectivity index (χ1v) is 9.03. The number of guanidine groups is 1. The Hall–Kier alpha value is -3.21. The number of nitrogens with one attached hydrogen (secondary N) is 2. The van der Waals surface area contributed by atoms with Gasteiger partial charge in [0.15, 0.2) is 5.96 Å². The molecule has 1 amide bonds. The molecule has 27 heavy (non-hydrogen) atoms. The van der Waals surface area contributed by atoms with Gasteiger partial charge in [0, 0.05) is 10.9 Å². The van der Waals surface area contributed by atoms with Crippen molar-refractivity contribution in [3.63, 3.8) is 0 Å². The van der Waals surface area contributed by atoms with Crippen molar-refractivity contribution < 1.29 is 4.79 Å². The third-order valence-corrected chi connectivity index (χ3v) is 4.91. The van der Waals surface area contributed by atoms with Gasteiger partial charge in [-0.05, 0) is 23.5 Å². The van der Waals surface area contributed by atoms with Gasteiger partial charge in [0.2, 0.25) is 0 Å². The standard InChI is InChI=1S/C22H24N4O/c1-13(2)14(3)18-19(21(27)26-22(23)24)16-11-7-8-12-17(16)25-20(18)15-9-5-4-6-10-15/h4-14H,1-3H3,(H4,23,24,26,27). The Kier molecular flexibility index (Phi) is 5.21. The predicted octanol–water partition coefficient (Wildman–Crippen LogP) is 4.28. The number of para-hydroxylation sites is 1. The fraction of sp³-hybridized carbons (Fsp3) is 0.227. The van der Waals surface area contributed by atoms with Crippen molar-refractivity contribution in [2.75, 3.05) is 0 Å². The Morgan fingerprint density at radius 1 is 1.04 bits per heavy atom. The maximum absolute atomic E-state index is 13.0. The maximum atomic E-state index is 13.0. The van der Waals surface area contributed by atoms with Crippen molar-refractivity contribution in [2.24, 2.45) is 11.7 Å². The minimum Gasteiger partial charge on any atom is -0.370 e. The van der Waals surface area contributed by atoms with E-state index in [9.17, 15) is 4.79 Å². The lowest BCUT2D eigenvalue weighted by Crippen LogP contribution is -2.36. The van der Waals surface area contributed by atoms with Gasteiger partial charge in [-0.2, -0.15) is 0 Å². The van der Waals surface area contributed by atoms with E-state index in [1.165, 1.54) is 0 Å². The molecule has 138 valence electrons. The molecule has 0 fully saturated rings. The molecule has 5 nitrogen and oxygen atoms in total. The largest absolute Gasteiger partial charge is 0.370 e. The first-order valence-electron chi connectivity index (χ1n) is 9.03. The van der Waals surface area contributed by atoms with Crippen LogP contribution in [0.25, 0.3) is 22.2 Å². The third kappa shape index (κ3) is 3.67. The molecule has 5 heteroatoms. The lowest BCUT2D eigenvalue weighted by atomic mass is 9.83. The molecule has 0 aliphatic carbocycles. The number of nitrogens with two attached hydrogens (primary N) is 1. The number of carbonyl (C=O) groups excluding carboxylic acids is 1. The molecule has 0 spiro atoms. The van der Waals surface area contributed by atoms with Crippen LogP contribution in [0.5, 0.6) is 0 Å². The smallest absolute Gasteiger partial charge is 0.258 e.